The van der Waals surface area contributed by atoms with Gasteiger partial charge in [0.15, 0.2) is 0 Å². The van der Waals surface area contributed by atoms with Gasteiger partial charge in [-0.3, -0.25) is 4.79 Å². The highest BCUT2D eigenvalue weighted by Crippen LogP contribution is 2.19. The Balaban J connectivity index is 2.50. The summed E-state index contributed by atoms with van der Waals surface area (Å²) in [6.45, 7) is 11.0. The Morgan fingerprint density at radius 3 is 2.81 bits per heavy atom. The summed E-state index contributed by atoms with van der Waals surface area (Å²) in [5.74, 6) is 0.481. The van der Waals surface area contributed by atoms with Crippen LogP contribution in [0.25, 0.3) is 0 Å². The van der Waals surface area contributed by atoms with Crippen LogP contribution in [0.5, 0.6) is 0 Å². The largest absolute Gasteiger partial charge is 0.465 e. The summed E-state index contributed by atoms with van der Waals surface area (Å²) in [7, 11) is 1.77. The number of hydrogen-bond donors (Lipinski definition) is 1. The molecule has 1 heterocycles. The van der Waals surface area contributed by atoms with E-state index in [4.69, 9.17) is 9.47 Å². The molecule has 1 aliphatic rings. The normalized spacial score (nSPS) is 22.8. The maximum atomic E-state index is 12.2. The van der Waals surface area contributed by atoms with Crippen LogP contribution >= 0.6 is 0 Å². The Morgan fingerprint density at radius 2 is 2.19 bits per heavy atom. The highest BCUT2D eigenvalue weighted by molar-refractivity contribution is 5.80. The minimum absolute atomic E-state index is 0.141. The molecule has 1 saturated heterocycles. The van der Waals surface area contributed by atoms with Gasteiger partial charge in [-0.2, -0.15) is 0 Å². The third-order valence-electron chi connectivity index (χ3n) is 4.23. The number of ether oxygens (including phenoxy) is 2. The average molecular weight is 300 g/mol. The summed E-state index contributed by atoms with van der Waals surface area (Å²) < 4.78 is 10.5. The van der Waals surface area contributed by atoms with E-state index < -0.39 is 5.54 Å². The lowest BCUT2D eigenvalue weighted by atomic mass is 9.95. The van der Waals surface area contributed by atoms with E-state index in [-0.39, 0.29) is 5.97 Å². The molecule has 0 aromatic carbocycles. The lowest BCUT2D eigenvalue weighted by molar-refractivity contribution is -0.151. The molecular weight excluding hydrogens is 268 g/mol. The van der Waals surface area contributed by atoms with Gasteiger partial charge in [0.25, 0.3) is 0 Å². The van der Waals surface area contributed by atoms with E-state index in [0.29, 0.717) is 12.5 Å². The van der Waals surface area contributed by atoms with Crippen LogP contribution in [-0.4, -0.2) is 62.9 Å². The molecule has 1 N–H and O–H groups in total. The van der Waals surface area contributed by atoms with Crippen LogP contribution in [0.3, 0.4) is 0 Å². The van der Waals surface area contributed by atoms with Crippen molar-refractivity contribution in [2.75, 3.05) is 46.5 Å². The lowest BCUT2D eigenvalue weighted by Crippen LogP contribution is -2.52. The molecule has 0 radical (unpaired) electrons. The molecule has 0 spiro atoms. The van der Waals surface area contributed by atoms with Crippen LogP contribution < -0.4 is 5.32 Å². The molecule has 2 atom stereocenters. The minimum atomic E-state index is -0.584. The number of likely N-dealkylation sites (N-methyl/N-ethyl adjacent to an activating group) is 1. The van der Waals surface area contributed by atoms with Crippen LogP contribution in [0.4, 0.5) is 0 Å². The van der Waals surface area contributed by atoms with E-state index in [9.17, 15) is 4.79 Å². The van der Waals surface area contributed by atoms with Crippen molar-refractivity contribution in [2.24, 2.45) is 5.92 Å². The Kier molecular flexibility index (Phi) is 8.22. The van der Waals surface area contributed by atoms with Crippen molar-refractivity contribution in [1.29, 1.82) is 0 Å². The molecule has 0 saturated carbocycles. The number of rotatable bonds is 9. The molecule has 5 heteroatoms. The topological polar surface area (TPSA) is 50.8 Å². The fourth-order valence-electron chi connectivity index (χ4n) is 3.05. The predicted octanol–water partition coefficient (Wildman–Crippen LogP) is 1.67. The monoisotopic (exact) mass is 300 g/mol. The standard InChI is InChI=1S/C16H32N2O3/c1-5-17-16(3,15(19)21-6-2)9-11-18-10-7-8-14(12-18)13-20-4/h14,17H,5-13H2,1-4H3. The number of piperidine rings is 1. The zero-order valence-corrected chi connectivity index (χ0v) is 14.1. The van der Waals surface area contributed by atoms with Crippen molar-refractivity contribution in [3.05, 3.63) is 0 Å². The van der Waals surface area contributed by atoms with Crippen LogP contribution in [0, 0.1) is 5.92 Å². The maximum absolute atomic E-state index is 12.2. The Hall–Kier alpha value is -0.650. The van der Waals surface area contributed by atoms with Crippen molar-refractivity contribution in [2.45, 2.75) is 45.6 Å². The lowest BCUT2D eigenvalue weighted by Gasteiger charge is -2.35. The molecule has 0 aromatic rings. The highest BCUT2D eigenvalue weighted by Gasteiger charge is 2.34. The van der Waals surface area contributed by atoms with Gasteiger partial charge < -0.3 is 19.7 Å². The molecule has 124 valence electrons. The number of nitrogens with one attached hydrogen (secondary N) is 1. The molecule has 1 aliphatic heterocycles. The van der Waals surface area contributed by atoms with Gasteiger partial charge in [-0.25, -0.2) is 0 Å². The molecule has 0 amide bonds. The summed E-state index contributed by atoms with van der Waals surface area (Å²) in [4.78, 5) is 14.6. The van der Waals surface area contributed by atoms with Gasteiger partial charge >= 0.3 is 5.97 Å². The zero-order valence-electron chi connectivity index (χ0n) is 14.1. The molecule has 1 rings (SSSR count). The first-order chi connectivity index (χ1) is 10.1. The van der Waals surface area contributed by atoms with Gasteiger partial charge in [0.05, 0.1) is 13.2 Å². The number of hydrogen-bond acceptors (Lipinski definition) is 5. The summed E-state index contributed by atoms with van der Waals surface area (Å²) in [5, 5.41) is 3.29. The number of methoxy groups -OCH3 is 1. The molecule has 21 heavy (non-hydrogen) atoms. The molecule has 0 aliphatic carbocycles. The molecule has 0 aromatic heterocycles. The van der Waals surface area contributed by atoms with Crippen LogP contribution in [-0.2, 0) is 14.3 Å². The molecule has 5 nitrogen and oxygen atoms in total. The smallest absolute Gasteiger partial charge is 0.326 e. The van der Waals surface area contributed by atoms with Gasteiger partial charge in [0.2, 0.25) is 0 Å². The van der Waals surface area contributed by atoms with Gasteiger partial charge in [-0.05, 0) is 52.1 Å². The number of esters is 1. The molecule has 1 fully saturated rings. The number of carbonyl (C=O) groups is 1. The average Bonchev–Trinajstić information content (AvgIpc) is 2.46. The summed E-state index contributed by atoms with van der Waals surface area (Å²) >= 11 is 0. The van der Waals surface area contributed by atoms with E-state index in [1.54, 1.807) is 7.11 Å². The fourth-order valence-corrected chi connectivity index (χ4v) is 3.05. The van der Waals surface area contributed by atoms with Crippen molar-refractivity contribution in [3.63, 3.8) is 0 Å². The van der Waals surface area contributed by atoms with Crippen LogP contribution in [0.2, 0.25) is 0 Å². The summed E-state index contributed by atoms with van der Waals surface area (Å²) in [6, 6.07) is 0. The van der Waals surface area contributed by atoms with Gasteiger partial charge in [0.1, 0.15) is 5.54 Å². The third kappa shape index (κ3) is 5.93. The SMILES string of the molecule is CCNC(C)(CCN1CCCC(COC)C1)C(=O)OCC. The summed E-state index contributed by atoms with van der Waals surface area (Å²) in [5.41, 5.74) is -0.584. The maximum Gasteiger partial charge on any atom is 0.326 e. The van der Waals surface area contributed by atoms with Crippen LogP contribution in [0.15, 0.2) is 0 Å². The second-order valence-electron chi connectivity index (χ2n) is 6.10. The van der Waals surface area contributed by atoms with E-state index in [1.807, 2.05) is 20.8 Å². The van der Waals surface area contributed by atoms with E-state index >= 15 is 0 Å². The Bertz CT molecular complexity index is 310. The summed E-state index contributed by atoms with van der Waals surface area (Å²) in [6.07, 6.45) is 3.23. The second-order valence-corrected chi connectivity index (χ2v) is 6.10. The number of likely N-dealkylation sites (tertiary alicyclic amines) is 1. The number of nitrogens with zero attached hydrogens (tertiary/aromatic N) is 1. The minimum Gasteiger partial charge on any atom is -0.465 e. The molecule has 0 bridgehead atoms. The first-order valence-corrected chi connectivity index (χ1v) is 8.19. The fraction of sp³-hybridized carbons (Fsp3) is 0.938. The number of carbonyl (C=O) groups excluding carboxylic acids is 1. The van der Waals surface area contributed by atoms with Crippen molar-refractivity contribution in [3.8, 4) is 0 Å². The Morgan fingerprint density at radius 1 is 1.43 bits per heavy atom. The highest BCUT2D eigenvalue weighted by atomic mass is 16.5. The van der Waals surface area contributed by atoms with Crippen LogP contribution in [0.1, 0.15) is 40.0 Å². The van der Waals surface area contributed by atoms with Crippen molar-refractivity contribution in [1.82, 2.24) is 10.2 Å². The second kappa shape index (κ2) is 9.38. The predicted molar refractivity (Wildman–Crippen MR) is 84.4 cm³/mol. The quantitative estimate of drug-likeness (QED) is 0.656. The van der Waals surface area contributed by atoms with Crippen molar-refractivity contribution < 1.29 is 14.3 Å². The first-order valence-electron chi connectivity index (χ1n) is 8.19. The molecular formula is C16H32N2O3. The van der Waals surface area contributed by atoms with E-state index in [0.717, 1.165) is 39.2 Å². The van der Waals surface area contributed by atoms with Crippen molar-refractivity contribution >= 4 is 5.97 Å². The van der Waals surface area contributed by atoms with Gasteiger partial charge in [-0.15, -0.1) is 0 Å². The van der Waals surface area contributed by atoms with E-state index in [1.165, 1.54) is 12.8 Å². The first kappa shape index (κ1) is 18.4. The Labute approximate surface area is 129 Å². The van der Waals surface area contributed by atoms with Gasteiger partial charge in [-0.1, -0.05) is 6.92 Å². The third-order valence-corrected chi connectivity index (χ3v) is 4.23. The molecule has 2 unspecified atom stereocenters. The van der Waals surface area contributed by atoms with Gasteiger partial charge in [0, 0.05) is 20.2 Å². The zero-order chi connectivity index (χ0) is 15.7. The van der Waals surface area contributed by atoms with E-state index in [2.05, 4.69) is 10.2 Å².